The van der Waals surface area contributed by atoms with Crippen molar-refractivity contribution >= 4 is 49.2 Å². The molecule has 0 bridgehead atoms. The molecule has 0 aliphatic rings. The molecule has 8 heteroatoms. The summed E-state index contributed by atoms with van der Waals surface area (Å²) in [6.07, 6.45) is 0. The molecule has 37 heavy (non-hydrogen) atoms. The van der Waals surface area contributed by atoms with Gasteiger partial charge in [-0.1, -0.05) is 35.9 Å². The van der Waals surface area contributed by atoms with Crippen LogP contribution in [-0.4, -0.2) is 27.5 Å². The van der Waals surface area contributed by atoms with Crippen molar-refractivity contribution in [2.45, 2.75) is 18.7 Å². The quantitative estimate of drug-likeness (QED) is 0.269. The molecule has 0 radical (unpaired) electrons. The molecule has 7 nitrogen and oxygen atoms in total. The van der Waals surface area contributed by atoms with Gasteiger partial charge in [0.15, 0.2) is 0 Å². The Hall–Kier alpha value is -4.30. The monoisotopic (exact) mass is 514 g/mol. The fourth-order valence-electron chi connectivity index (χ4n) is 4.16. The van der Waals surface area contributed by atoms with Crippen molar-refractivity contribution < 1.29 is 22.4 Å². The standard InChI is InChI=1S/C29H26N2O5S/c1-3-35-23-13-15-24(16-14-23)37(33,34)31(22-11-8-20(2)9-12-22)19-29(32)30-21-10-17-26-25-6-4-5-7-27(25)36-28(26)18-21/h4-18H,3,19H2,1-2H3,(H,30,32). The van der Waals surface area contributed by atoms with Crippen molar-refractivity contribution in [1.29, 1.82) is 0 Å². The van der Waals surface area contributed by atoms with E-state index in [1.54, 1.807) is 36.4 Å². The van der Waals surface area contributed by atoms with Crippen LogP contribution in [0.5, 0.6) is 5.75 Å². The molecule has 1 amide bonds. The molecule has 1 N–H and O–H groups in total. The zero-order valence-corrected chi connectivity index (χ0v) is 21.3. The molecule has 0 saturated heterocycles. The van der Waals surface area contributed by atoms with Crippen molar-refractivity contribution in [2.24, 2.45) is 0 Å². The summed E-state index contributed by atoms with van der Waals surface area (Å²) in [6, 6.07) is 26.3. The van der Waals surface area contributed by atoms with Crippen LogP contribution in [-0.2, 0) is 14.8 Å². The van der Waals surface area contributed by atoms with Crippen molar-refractivity contribution in [3.8, 4) is 5.75 Å². The number of hydrogen-bond donors (Lipinski definition) is 1. The minimum atomic E-state index is -4.04. The highest BCUT2D eigenvalue weighted by atomic mass is 32.2. The molecule has 1 heterocycles. The van der Waals surface area contributed by atoms with Gasteiger partial charge in [0.25, 0.3) is 10.0 Å². The molecule has 5 rings (SSSR count). The van der Waals surface area contributed by atoms with Gasteiger partial charge in [-0.2, -0.15) is 0 Å². The second-order valence-electron chi connectivity index (χ2n) is 8.61. The maximum atomic E-state index is 13.6. The SMILES string of the molecule is CCOc1ccc(S(=O)(=O)N(CC(=O)Nc2ccc3c(c2)oc2ccccc23)c2ccc(C)cc2)cc1. The number of amides is 1. The van der Waals surface area contributed by atoms with Crippen LogP contribution >= 0.6 is 0 Å². The van der Waals surface area contributed by atoms with Gasteiger partial charge in [-0.3, -0.25) is 9.10 Å². The number of sulfonamides is 1. The first-order chi connectivity index (χ1) is 17.8. The van der Waals surface area contributed by atoms with Gasteiger partial charge in [-0.15, -0.1) is 0 Å². The highest BCUT2D eigenvalue weighted by Gasteiger charge is 2.27. The normalized spacial score (nSPS) is 11.5. The Bertz CT molecular complexity index is 1670. The van der Waals surface area contributed by atoms with E-state index < -0.39 is 22.5 Å². The highest BCUT2D eigenvalue weighted by Crippen LogP contribution is 2.31. The Morgan fingerprint density at radius 3 is 2.32 bits per heavy atom. The molecule has 188 valence electrons. The zero-order chi connectivity index (χ0) is 26.0. The summed E-state index contributed by atoms with van der Waals surface area (Å²) >= 11 is 0. The lowest BCUT2D eigenvalue weighted by Crippen LogP contribution is -2.38. The molecule has 5 aromatic rings. The average Bonchev–Trinajstić information content (AvgIpc) is 3.26. The van der Waals surface area contributed by atoms with Gasteiger partial charge in [0.2, 0.25) is 5.91 Å². The number of anilines is 2. The molecule has 0 aliphatic carbocycles. The Balaban J connectivity index is 1.43. The summed E-state index contributed by atoms with van der Waals surface area (Å²) in [7, 11) is -4.04. The van der Waals surface area contributed by atoms with E-state index in [9.17, 15) is 13.2 Å². The first-order valence-corrected chi connectivity index (χ1v) is 13.3. The van der Waals surface area contributed by atoms with Crippen LogP contribution in [0.25, 0.3) is 21.9 Å². The Morgan fingerprint density at radius 1 is 0.892 bits per heavy atom. The predicted molar refractivity (Wildman–Crippen MR) is 146 cm³/mol. The van der Waals surface area contributed by atoms with E-state index in [0.29, 0.717) is 29.3 Å². The lowest BCUT2D eigenvalue weighted by molar-refractivity contribution is -0.114. The number of benzene rings is 4. The number of fused-ring (bicyclic) bond motifs is 3. The molecule has 0 saturated carbocycles. The zero-order valence-electron chi connectivity index (χ0n) is 20.5. The second-order valence-corrected chi connectivity index (χ2v) is 10.5. The molecule has 0 aliphatic heterocycles. The van der Waals surface area contributed by atoms with Crippen molar-refractivity contribution in [3.05, 3.63) is 96.6 Å². The van der Waals surface area contributed by atoms with Gasteiger partial charge in [-0.05, 0) is 68.4 Å². The maximum Gasteiger partial charge on any atom is 0.264 e. The largest absolute Gasteiger partial charge is 0.494 e. The Labute approximate surface area is 215 Å². The summed E-state index contributed by atoms with van der Waals surface area (Å²) in [5.41, 5.74) is 3.27. The van der Waals surface area contributed by atoms with Crippen LogP contribution < -0.4 is 14.4 Å². The summed E-state index contributed by atoms with van der Waals surface area (Å²) in [5.74, 6) is 0.0904. The maximum absolute atomic E-state index is 13.6. The molecule has 0 fully saturated rings. The molecule has 0 atom stereocenters. The van der Waals surface area contributed by atoms with E-state index in [1.165, 1.54) is 12.1 Å². The van der Waals surface area contributed by atoms with E-state index >= 15 is 0 Å². The first kappa shape index (κ1) is 24.4. The first-order valence-electron chi connectivity index (χ1n) is 11.9. The topological polar surface area (TPSA) is 88.9 Å². The van der Waals surface area contributed by atoms with E-state index in [2.05, 4.69) is 5.32 Å². The number of nitrogens with one attached hydrogen (secondary N) is 1. The van der Waals surface area contributed by atoms with Crippen molar-refractivity contribution in [2.75, 3.05) is 22.8 Å². The Kier molecular flexibility index (Phi) is 6.58. The molecular formula is C29H26N2O5S. The summed E-state index contributed by atoms with van der Waals surface area (Å²) in [4.78, 5) is 13.2. The van der Waals surface area contributed by atoms with Gasteiger partial charge in [0, 0.05) is 22.5 Å². The van der Waals surface area contributed by atoms with E-state index in [1.807, 2.05) is 56.3 Å². The van der Waals surface area contributed by atoms with E-state index in [-0.39, 0.29) is 4.90 Å². The van der Waals surface area contributed by atoms with Crippen LogP contribution in [0.2, 0.25) is 0 Å². The van der Waals surface area contributed by atoms with Crippen LogP contribution in [0.1, 0.15) is 12.5 Å². The summed E-state index contributed by atoms with van der Waals surface area (Å²) in [6.45, 7) is 3.84. The number of ether oxygens (including phenoxy) is 1. The van der Waals surface area contributed by atoms with Crippen LogP contribution in [0.4, 0.5) is 11.4 Å². The number of carbonyl (C=O) groups is 1. The second kappa shape index (κ2) is 9.99. The lowest BCUT2D eigenvalue weighted by Gasteiger charge is -2.24. The van der Waals surface area contributed by atoms with Gasteiger partial charge in [-0.25, -0.2) is 8.42 Å². The number of hydrogen-bond acceptors (Lipinski definition) is 5. The molecule has 0 unspecified atom stereocenters. The number of aryl methyl sites for hydroxylation is 1. The smallest absolute Gasteiger partial charge is 0.264 e. The third-order valence-electron chi connectivity index (χ3n) is 5.99. The molecular weight excluding hydrogens is 488 g/mol. The van der Waals surface area contributed by atoms with Crippen LogP contribution in [0.15, 0.2) is 100 Å². The minimum Gasteiger partial charge on any atom is -0.494 e. The number of rotatable bonds is 8. The van der Waals surface area contributed by atoms with Gasteiger partial charge < -0.3 is 14.5 Å². The van der Waals surface area contributed by atoms with Crippen LogP contribution in [0, 0.1) is 6.92 Å². The third kappa shape index (κ3) is 5.01. The fraction of sp³-hybridized carbons (Fsp3) is 0.138. The van der Waals surface area contributed by atoms with Crippen molar-refractivity contribution in [1.82, 2.24) is 0 Å². The number of nitrogens with zero attached hydrogens (tertiary/aromatic N) is 1. The van der Waals surface area contributed by atoms with Gasteiger partial charge >= 0.3 is 0 Å². The molecule has 1 aromatic heterocycles. The molecule has 4 aromatic carbocycles. The van der Waals surface area contributed by atoms with E-state index in [4.69, 9.17) is 9.15 Å². The Morgan fingerprint density at radius 2 is 1.59 bits per heavy atom. The highest BCUT2D eigenvalue weighted by molar-refractivity contribution is 7.92. The van der Waals surface area contributed by atoms with Crippen LogP contribution in [0.3, 0.4) is 0 Å². The number of carbonyl (C=O) groups excluding carboxylic acids is 1. The minimum absolute atomic E-state index is 0.0630. The lowest BCUT2D eigenvalue weighted by atomic mass is 10.1. The average molecular weight is 515 g/mol. The number of furan rings is 1. The third-order valence-corrected chi connectivity index (χ3v) is 7.78. The number of para-hydroxylation sites is 1. The molecule has 0 spiro atoms. The van der Waals surface area contributed by atoms with E-state index in [0.717, 1.165) is 26.2 Å². The predicted octanol–water partition coefficient (Wildman–Crippen LogP) is 6.13. The summed E-state index contributed by atoms with van der Waals surface area (Å²) < 4.78 is 39.7. The van der Waals surface area contributed by atoms with Gasteiger partial charge in [0.05, 0.1) is 17.2 Å². The fourth-order valence-corrected chi connectivity index (χ4v) is 5.58. The van der Waals surface area contributed by atoms with Gasteiger partial charge in [0.1, 0.15) is 23.5 Å². The summed E-state index contributed by atoms with van der Waals surface area (Å²) in [5, 5.41) is 4.74. The van der Waals surface area contributed by atoms with Crippen molar-refractivity contribution in [3.63, 3.8) is 0 Å².